The maximum absolute atomic E-state index is 12.8. The number of hydrogen-bond donors (Lipinski definition) is 1. The zero-order chi connectivity index (χ0) is 18.3. The maximum atomic E-state index is 12.8. The van der Waals surface area contributed by atoms with E-state index in [0.717, 1.165) is 4.90 Å². The molecular weight excluding hydrogens is 360 g/mol. The number of rotatable bonds is 2. The summed E-state index contributed by atoms with van der Waals surface area (Å²) in [6.07, 6.45) is 1.32. The van der Waals surface area contributed by atoms with Gasteiger partial charge in [-0.3, -0.25) is 14.9 Å². The largest absolute Gasteiger partial charge is 0.454 e. The standard InChI is InChI=1S/C18H11ClN2O5/c19-13-8-15-14(25-9-26-15)7-10(13)6-12-16(22)20-18(24)21(17(12)23)11-4-2-1-3-5-11/h1-8H,9H2,(H,20,22,24)/b12-6+. The topological polar surface area (TPSA) is 84.9 Å². The van der Waals surface area contributed by atoms with Crippen LogP contribution in [0.25, 0.3) is 6.08 Å². The molecule has 4 rings (SSSR count). The molecule has 7 nitrogen and oxygen atoms in total. The Labute approximate surface area is 152 Å². The van der Waals surface area contributed by atoms with Crippen molar-refractivity contribution in [3.05, 3.63) is 58.6 Å². The molecule has 2 heterocycles. The average Bonchev–Trinajstić information content (AvgIpc) is 3.06. The Kier molecular flexibility index (Phi) is 3.85. The molecule has 2 aliphatic heterocycles. The Morgan fingerprint density at radius 2 is 1.73 bits per heavy atom. The summed E-state index contributed by atoms with van der Waals surface area (Å²) in [6, 6.07) is 10.6. The zero-order valence-corrected chi connectivity index (χ0v) is 13.9. The Bertz CT molecular complexity index is 971. The summed E-state index contributed by atoms with van der Waals surface area (Å²) in [6.45, 7) is 0.0708. The van der Waals surface area contributed by atoms with Crippen LogP contribution in [0.2, 0.25) is 5.02 Å². The number of carbonyl (C=O) groups excluding carboxylic acids is 3. The first-order chi connectivity index (χ1) is 12.5. The summed E-state index contributed by atoms with van der Waals surface area (Å²) in [5.41, 5.74) is 0.538. The van der Waals surface area contributed by atoms with Crippen LogP contribution in [-0.2, 0) is 9.59 Å². The number of anilines is 1. The van der Waals surface area contributed by atoms with Gasteiger partial charge in [-0.05, 0) is 29.8 Å². The number of halogens is 1. The highest BCUT2D eigenvalue weighted by Gasteiger charge is 2.37. The maximum Gasteiger partial charge on any atom is 0.335 e. The number of fused-ring (bicyclic) bond motifs is 1. The van der Waals surface area contributed by atoms with Gasteiger partial charge in [-0.1, -0.05) is 29.8 Å². The Morgan fingerprint density at radius 3 is 2.46 bits per heavy atom. The van der Waals surface area contributed by atoms with Crippen molar-refractivity contribution in [3.8, 4) is 11.5 Å². The summed E-state index contributed by atoms with van der Waals surface area (Å²) >= 11 is 6.20. The van der Waals surface area contributed by atoms with Crippen molar-refractivity contribution in [2.75, 3.05) is 11.7 Å². The molecule has 0 atom stereocenters. The van der Waals surface area contributed by atoms with E-state index in [0.29, 0.717) is 22.7 Å². The minimum atomic E-state index is -0.805. The SMILES string of the molecule is O=C1NC(=O)N(c2ccccc2)C(=O)/C1=C/c1cc2c(cc1Cl)OCO2. The summed E-state index contributed by atoms with van der Waals surface area (Å²) in [7, 11) is 0. The van der Waals surface area contributed by atoms with Gasteiger partial charge in [0, 0.05) is 6.07 Å². The van der Waals surface area contributed by atoms with Crippen LogP contribution in [0.5, 0.6) is 11.5 Å². The molecule has 2 aliphatic rings. The van der Waals surface area contributed by atoms with Crippen molar-refractivity contribution in [1.82, 2.24) is 5.32 Å². The van der Waals surface area contributed by atoms with Crippen molar-refractivity contribution in [2.24, 2.45) is 0 Å². The molecule has 2 aromatic carbocycles. The van der Waals surface area contributed by atoms with E-state index in [1.807, 2.05) is 0 Å². The van der Waals surface area contributed by atoms with E-state index in [2.05, 4.69) is 5.32 Å². The van der Waals surface area contributed by atoms with Crippen LogP contribution in [-0.4, -0.2) is 24.6 Å². The second-order valence-electron chi connectivity index (χ2n) is 5.52. The number of hydrogen-bond acceptors (Lipinski definition) is 5. The van der Waals surface area contributed by atoms with Gasteiger partial charge in [-0.15, -0.1) is 0 Å². The van der Waals surface area contributed by atoms with Gasteiger partial charge >= 0.3 is 6.03 Å². The number of urea groups is 1. The van der Waals surface area contributed by atoms with Gasteiger partial charge in [0.15, 0.2) is 11.5 Å². The second-order valence-corrected chi connectivity index (χ2v) is 5.93. The fourth-order valence-corrected chi connectivity index (χ4v) is 2.88. The smallest absolute Gasteiger partial charge is 0.335 e. The van der Waals surface area contributed by atoms with Gasteiger partial charge in [0.1, 0.15) is 5.57 Å². The lowest BCUT2D eigenvalue weighted by atomic mass is 10.1. The lowest BCUT2D eigenvalue weighted by Crippen LogP contribution is -2.54. The van der Waals surface area contributed by atoms with Crippen molar-refractivity contribution in [2.45, 2.75) is 0 Å². The summed E-state index contributed by atoms with van der Waals surface area (Å²) in [5.74, 6) is -0.585. The molecule has 1 N–H and O–H groups in total. The van der Waals surface area contributed by atoms with Gasteiger partial charge in [0.2, 0.25) is 6.79 Å². The van der Waals surface area contributed by atoms with Gasteiger partial charge in [-0.25, -0.2) is 9.69 Å². The quantitative estimate of drug-likeness (QED) is 0.649. The third-order valence-electron chi connectivity index (χ3n) is 3.91. The molecule has 26 heavy (non-hydrogen) atoms. The number of barbiturate groups is 1. The first kappa shape index (κ1) is 16.2. The minimum absolute atomic E-state index is 0.0708. The molecule has 0 aliphatic carbocycles. The highest BCUT2D eigenvalue weighted by Crippen LogP contribution is 2.37. The number of amides is 4. The molecule has 1 fully saturated rings. The fraction of sp³-hybridized carbons (Fsp3) is 0.0556. The molecule has 0 saturated carbocycles. The van der Waals surface area contributed by atoms with Gasteiger partial charge < -0.3 is 9.47 Å². The predicted octanol–water partition coefficient (Wildman–Crippen LogP) is 2.74. The number of benzene rings is 2. The molecule has 0 spiro atoms. The summed E-state index contributed by atoms with van der Waals surface area (Å²) < 4.78 is 10.5. The first-order valence-electron chi connectivity index (χ1n) is 7.60. The Morgan fingerprint density at radius 1 is 1.04 bits per heavy atom. The third-order valence-corrected chi connectivity index (χ3v) is 4.24. The van der Waals surface area contributed by atoms with E-state index in [1.165, 1.54) is 6.08 Å². The number of para-hydroxylation sites is 1. The molecule has 0 bridgehead atoms. The van der Waals surface area contributed by atoms with Crippen molar-refractivity contribution in [3.63, 3.8) is 0 Å². The summed E-state index contributed by atoms with van der Waals surface area (Å²) in [4.78, 5) is 38.0. The number of carbonyl (C=O) groups is 3. The van der Waals surface area contributed by atoms with E-state index in [9.17, 15) is 14.4 Å². The molecule has 0 unspecified atom stereocenters. The molecule has 0 radical (unpaired) electrons. The second kappa shape index (κ2) is 6.20. The van der Waals surface area contributed by atoms with E-state index < -0.39 is 17.8 Å². The van der Waals surface area contributed by atoms with Crippen molar-refractivity contribution in [1.29, 1.82) is 0 Å². The van der Waals surface area contributed by atoms with E-state index >= 15 is 0 Å². The van der Waals surface area contributed by atoms with Crippen molar-refractivity contribution < 1.29 is 23.9 Å². The van der Waals surface area contributed by atoms with Crippen LogP contribution in [0.15, 0.2) is 48.0 Å². The van der Waals surface area contributed by atoms with Crippen LogP contribution in [0.1, 0.15) is 5.56 Å². The lowest BCUT2D eigenvalue weighted by molar-refractivity contribution is -0.122. The normalized spacial score (nSPS) is 17.7. The van der Waals surface area contributed by atoms with E-state index in [1.54, 1.807) is 42.5 Å². The molecular formula is C18H11ClN2O5. The Hall–Kier alpha value is -3.32. The highest BCUT2D eigenvalue weighted by atomic mass is 35.5. The van der Waals surface area contributed by atoms with Crippen LogP contribution in [0.4, 0.5) is 10.5 Å². The number of nitrogens with zero attached hydrogens (tertiary/aromatic N) is 1. The average molecular weight is 371 g/mol. The first-order valence-corrected chi connectivity index (χ1v) is 7.98. The van der Waals surface area contributed by atoms with Crippen LogP contribution in [0, 0.1) is 0 Å². The lowest BCUT2D eigenvalue weighted by Gasteiger charge is -2.26. The van der Waals surface area contributed by atoms with Crippen LogP contribution in [0.3, 0.4) is 0 Å². The van der Waals surface area contributed by atoms with Gasteiger partial charge in [0.05, 0.1) is 10.7 Å². The number of ether oxygens (including phenoxy) is 2. The molecule has 1 saturated heterocycles. The molecule has 130 valence electrons. The number of nitrogens with one attached hydrogen (secondary N) is 1. The van der Waals surface area contributed by atoms with Crippen LogP contribution >= 0.6 is 11.6 Å². The van der Waals surface area contributed by atoms with Gasteiger partial charge in [0.25, 0.3) is 11.8 Å². The number of imide groups is 2. The fourth-order valence-electron chi connectivity index (χ4n) is 2.67. The summed E-state index contributed by atoms with van der Waals surface area (Å²) in [5, 5.41) is 2.44. The monoisotopic (exact) mass is 370 g/mol. The van der Waals surface area contributed by atoms with E-state index in [-0.39, 0.29) is 17.4 Å². The minimum Gasteiger partial charge on any atom is -0.454 e. The van der Waals surface area contributed by atoms with E-state index in [4.69, 9.17) is 21.1 Å². The van der Waals surface area contributed by atoms with Crippen LogP contribution < -0.4 is 19.7 Å². The highest BCUT2D eigenvalue weighted by molar-refractivity contribution is 6.40. The zero-order valence-electron chi connectivity index (χ0n) is 13.2. The van der Waals surface area contributed by atoms with Gasteiger partial charge in [-0.2, -0.15) is 0 Å². The Balaban J connectivity index is 1.76. The predicted molar refractivity (Wildman–Crippen MR) is 93.0 cm³/mol. The van der Waals surface area contributed by atoms with Crippen molar-refractivity contribution >= 4 is 41.2 Å². The molecule has 8 heteroatoms. The molecule has 2 aromatic rings. The third kappa shape index (κ3) is 2.68. The molecule has 0 aromatic heterocycles. The molecule has 4 amide bonds.